The Kier molecular flexibility index (Phi) is 4.67. The Morgan fingerprint density at radius 1 is 1.28 bits per heavy atom. The number of benzene rings is 2. The molecule has 1 heterocycles. The van der Waals surface area contributed by atoms with Crippen LogP contribution >= 0.6 is 0 Å². The second kappa shape index (κ2) is 7.06. The number of hydrogen-bond donors (Lipinski definition) is 4. The van der Waals surface area contributed by atoms with Crippen LogP contribution in [0.25, 0.3) is 22.4 Å². The van der Waals surface area contributed by atoms with E-state index in [9.17, 15) is 9.90 Å². The van der Waals surface area contributed by atoms with Crippen molar-refractivity contribution in [2.24, 2.45) is 5.84 Å². The van der Waals surface area contributed by atoms with Crippen LogP contribution in [0.3, 0.4) is 0 Å². The summed E-state index contributed by atoms with van der Waals surface area (Å²) in [6.07, 6.45) is 0. The molecule has 3 aromatic rings. The highest BCUT2D eigenvalue weighted by Crippen LogP contribution is 2.38. The second-order valence-electron chi connectivity index (χ2n) is 5.47. The Morgan fingerprint density at radius 3 is 2.72 bits per heavy atom. The van der Waals surface area contributed by atoms with E-state index < -0.39 is 5.91 Å². The molecule has 0 aliphatic carbocycles. The zero-order chi connectivity index (χ0) is 17.8. The van der Waals surface area contributed by atoms with Crippen molar-refractivity contribution in [1.29, 1.82) is 0 Å². The highest BCUT2D eigenvalue weighted by Gasteiger charge is 2.17. The van der Waals surface area contributed by atoms with Crippen molar-refractivity contribution >= 4 is 5.91 Å². The first kappa shape index (κ1) is 16.5. The molecule has 0 aliphatic rings. The Morgan fingerprint density at radius 2 is 2.04 bits per heavy atom. The van der Waals surface area contributed by atoms with Gasteiger partial charge in [0.2, 0.25) is 0 Å². The van der Waals surface area contributed by atoms with E-state index in [1.54, 1.807) is 12.1 Å². The van der Waals surface area contributed by atoms with Crippen LogP contribution in [0, 0.1) is 6.92 Å². The van der Waals surface area contributed by atoms with E-state index in [0.717, 1.165) is 16.8 Å². The number of phenolic OH excluding ortho intramolecular Hbond substituents is 1. The SMILES string of the molecule is Cc1[nH]nc(-c2ccc(OCC(=O)NN)cc2O)c1-c1ccccc1. The van der Waals surface area contributed by atoms with Gasteiger partial charge in [0.1, 0.15) is 17.2 Å². The smallest absolute Gasteiger partial charge is 0.271 e. The number of aromatic amines is 1. The van der Waals surface area contributed by atoms with Crippen molar-refractivity contribution in [3.8, 4) is 33.9 Å². The average Bonchev–Trinajstić information content (AvgIpc) is 3.01. The molecule has 5 N–H and O–H groups in total. The topological polar surface area (TPSA) is 113 Å². The lowest BCUT2D eigenvalue weighted by molar-refractivity contribution is -0.123. The van der Waals surface area contributed by atoms with Crippen molar-refractivity contribution in [3.63, 3.8) is 0 Å². The molecule has 7 nitrogen and oxygen atoms in total. The normalized spacial score (nSPS) is 10.5. The van der Waals surface area contributed by atoms with E-state index in [0.29, 0.717) is 17.0 Å². The molecule has 0 aliphatic heterocycles. The maximum absolute atomic E-state index is 11.1. The number of nitrogens with two attached hydrogens (primary N) is 1. The van der Waals surface area contributed by atoms with Crippen molar-refractivity contribution in [1.82, 2.24) is 15.6 Å². The zero-order valence-corrected chi connectivity index (χ0v) is 13.6. The zero-order valence-electron chi connectivity index (χ0n) is 13.6. The number of H-pyrrole nitrogens is 1. The number of aryl methyl sites for hydroxylation is 1. The van der Waals surface area contributed by atoms with Gasteiger partial charge in [-0.3, -0.25) is 15.3 Å². The molecule has 0 radical (unpaired) electrons. The third-order valence-corrected chi connectivity index (χ3v) is 3.76. The minimum atomic E-state index is -0.460. The molecule has 0 unspecified atom stereocenters. The van der Waals surface area contributed by atoms with Gasteiger partial charge in [-0.1, -0.05) is 30.3 Å². The Balaban J connectivity index is 1.94. The largest absolute Gasteiger partial charge is 0.507 e. The molecule has 0 bridgehead atoms. The summed E-state index contributed by atoms with van der Waals surface area (Å²) in [5, 5.41) is 17.7. The van der Waals surface area contributed by atoms with Gasteiger partial charge in [0.25, 0.3) is 5.91 Å². The molecular formula is C18H18N4O3. The van der Waals surface area contributed by atoms with Crippen molar-refractivity contribution in [2.45, 2.75) is 6.92 Å². The predicted molar refractivity (Wildman–Crippen MR) is 93.7 cm³/mol. The molecule has 0 atom stereocenters. The first-order chi connectivity index (χ1) is 12.1. The van der Waals surface area contributed by atoms with E-state index in [2.05, 4.69) is 10.2 Å². The summed E-state index contributed by atoms with van der Waals surface area (Å²) in [5.74, 6) is 4.91. The number of rotatable bonds is 5. The number of phenols is 1. The van der Waals surface area contributed by atoms with Gasteiger partial charge in [0.05, 0.1) is 0 Å². The van der Waals surface area contributed by atoms with E-state index >= 15 is 0 Å². The summed E-state index contributed by atoms with van der Waals surface area (Å²) in [4.78, 5) is 11.1. The molecule has 0 saturated heterocycles. The fraction of sp³-hybridized carbons (Fsp3) is 0.111. The van der Waals surface area contributed by atoms with Crippen LogP contribution in [0.4, 0.5) is 0 Å². The van der Waals surface area contributed by atoms with Crippen molar-refractivity contribution in [2.75, 3.05) is 6.61 Å². The maximum atomic E-state index is 11.1. The fourth-order valence-corrected chi connectivity index (χ4v) is 2.57. The van der Waals surface area contributed by atoms with Gasteiger partial charge in [0.15, 0.2) is 6.61 Å². The lowest BCUT2D eigenvalue weighted by Crippen LogP contribution is -2.34. The Labute approximate surface area is 144 Å². The first-order valence-corrected chi connectivity index (χ1v) is 7.66. The predicted octanol–water partition coefficient (Wildman–Crippen LogP) is 2.13. The minimum absolute atomic E-state index is 0.00865. The maximum Gasteiger partial charge on any atom is 0.271 e. The highest BCUT2D eigenvalue weighted by atomic mass is 16.5. The summed E-state index contributed by atoms with van der Waals surface area (Å²) >= 11 is 0. The molecule has 3 rings (SSSR count). The van der Waals surface area contributed by atoms with Crippen LogP contribution in [-0.4, -0.2) is 27.8 Å². The molecule has 2 aromatic carbocycles. The van der Waals surface area contributed by atoms with Crippen LogP contribution in [0.2, 0.25) is 0 Å². The van der Waals surface area contributed by atoms with Crippen LogP contribution in [-0.2, 0) is 4.79 Å². The molecule has 0 spiro atoms. The number of ether oxygens (including phenoxy) is 1. The Hall–Kier alpha value is -3.32. The molecule has 7 heteroatoms. The summed E-state index contributed by atoms with van der Waals surface area (Å²) in [5.41, 5.74) is 6.02. The molecule has 128 valence electrons. The van der Waals surface area contributed by atoms with Gasteiger partial charge < -0.3 is 9.84 Å². The molecular weight excluding hydrogens is 320 g/mol. The first-order valence-electron chi connectivity index (χ1n) is 7.66. The Bertz CT molecular complexity index is 891. The molecule has 1 amide bonds. The molecule has 0 fully saturated rings. The number of nitrogens with zero attached hydrogens (tertiary/aromatic N) is 1. The van der Waals surface area contributed by atoms with Gasteiger partial charge in [-0.25, -0.2) is 5.84 Å². The van der Waals surface area contributed by atoms with Gasteiger partial charge in [0, 0.05) is 22.9 Å². The molecule has 25 heavy (non-hydrogen) atoms. The summed E-state index contributed by atoms with van der Waals surface area (Å²) in [7, 11) is 0. The summed E-state index contributed by atoms with van der Waals surface area (Å²) in [6.45, 7) is 1.70. The van der Waals surface area contributed by atoms with Crippen molar-refractivity contribution < 1.29 is 14.6 Å². The molecule has 0 saturated carbocycles. The van der Waals surface area contributed by atoms with Gasteiger partial charge in [-0.05, 0) is 24.6 Å². The number of nitrogens with one attached hydrogen (secondary N) is 2. The van der Waals surface area contributed by atoms with E-state index in [4.69, 9.17) is 10.6 Å². The van der Waals surface area contributed by atoms with E-state index in [1.165, 1.54) is 6.07 Å². The molecule has 1 aromatic heterocycles. The van der Waals surface area contributed by atoms with Crippen LogP contribution in [0.15, 0.2) is 48.5 Å². The number of carbonyl (C=O) groups excluding carboxylic acids is 1. The standard InChI is InChI=1S/C18H18N4O3/c1-11-17(12-5-3-2-4-6-12)18(22-21-11)14-8-7-13(9-15(14)23)25-10-16(24)20-19/h2-9,23H,10,19H2,1H3,(H,20,24)(H,21,22). The lowest BCUT2D eigenvalue weighted by Gasteiger charge is -2.09. The number of aromatic hydroxyl groups is 1. The number of hydrogen-bond acceptors (Lipinski definition) is 5. The monoisotopic (exact) mass is 338 g/mol. The van der Waals surface area contributed by atoms with Crippen LogP contribution < -0.4 is 16.0 Å². The van der Waals surface area contributed by atoms with E-state index in [-0.39, 0.29) is 12.4 Å². The van der Waals surface area contributed by atoms with Crippen LogP contribution in [0.5, 0.6) is 11.5 Å². The lowest BCUT2D eigenvalue weighted by atomic mass is 9.99. The number of aromatic nitrogens is 2. The van der Waals surface area contributed by atoms with Gasteiger partial charge in [-0.15, -0.1) is 0 Å². The van der Waals surface area contributed by atoms with Crippen molar-refractivity contribution in [3.05, 3.63) is 54.2 Å². The van der Waals surface area contributed by atoms with E-state index in [1.807, 2.05) is 42.7 Å². The number of carbonyl (C=O) groups is 1. The summed E-state index contributed by atoms with van der Waals surface area (Å²) in [6, 6.07) is 14.6. The van der Waals surface area contributed by atoms with Crippen LogP contribution in [0.1, 0.15) is 5.69 Å². The number of amides is 1. The highest BCUT2D eigenvalue weighted by molar-refractivity contribution is 5.85. The third-order valence-electron chi connectivity index (χ3n) is 3.76. The fourth-order valence-electron chi connectivity index (χ4n) is 2.57. The average molecular weight is 338 g/mol. The second-order valence-corrected chi connectivity index (χ2v) is 5.47. The third kappa shape index (κ3) is 3.46. The number of hydrazine groups is 1. The van der Waals surface area contributed by atoms with Gasteiger partial charge in [-0.2, -0.15) is 5.10 Å². The quantitative estimate of drug-likeness (QED) is 0.323. The minimum Gasteiger partial charge on any atom is -0.507 e. The van der Waals surface area contributed by atoms with Gasteiger partial charge >= 0.3 is 0 Å². The summed E-state index contributed by atoms with van der Waals surface area (Å²) < 4.78 is 5.27.